The Hall–Kier alpha value is -2.30. The number of imidazole rings is 1. The van der Waals surface area contributed by atoms with Crippen molar-refractivity contribution in [3.8, 4) is 0 Å². The molecular weight excluding hydrogens is 422 g/mol. The van der Waals surface area contributed by atoms with Crippen LogP contribution in [0.15, 0.2) is 30.6 Å². The summed E-state index contributed by atoms with van der Waals surface area (Å²) in [4.78, 5) is 15.5. The highest BCUT2D eigenvalue weighted by Gasteiger charge is 2.48. The summed E-state index contributed by atoms with van der Waals surface area (Å²) >= 11 is 6.32. The summed E-state index contributed by atoms with van der Waals surface area (Å²) in [5, 5.41) is 30.1. The van der Waals surface area contributed by atoms with E-state index in [-0.39, 0.29) is 10.7 Å². The van der Waals surface area contributed by atoms with Crippen molar-refractivity contribution in [2.24, 2.45) is 0 Å². The normalized spacial score (nSPS) is 29.0. The predicted octanol–water partition coefficient (Wildman–Crippen LogP) is 1.66. The molecule has 3 aliphatic rings. The highest BCUT2D eigenvalue weighted by atomic mass is 35.5. The zero-order chi connectivity index (χ0) is 21.3. The van der Waals surface area contributed by atoms with Gasteiger partial charge in [0, 0.05) is 17.6 Å². The lowest BCUT2D eigenvalue weighted by Gasteiger charge is -2.39. The number of aliphatic hydroxyl groups is 3. The van der Waals surface area contributed by atoms with E-state index in [0.717, 1.165) is 25.1 Å². The maximum Gasteiger partial charge on any atom is 0.226 e. The number of halogens is 1. The summed E-state index contributed by atoms with van der Waals surface area (Å²) in [7, 11) is 0. The Morgan fingerprint density at radius 1 is 1.16 bits per heavy atom. The van der Waals surface area contributed by atoms with Crippen LogP contribution in [0.2, 0.25) is 5.28 Å². The molecule has 3 aromatic rings. The van der Waals surface area contributed by atoms with E-state index in [0.29, 0.717) is 17.0 Å². The molecule has 0 bridgehead atoms. The number of ether oxygens (including phenoxy) is 1. The van der Waals surface area contributed by atoms with Crippen LogP contribution in [0, 0.1) is 0 Å². The lowest BCUT2D eigenvalue weighted by atomic mass is 9.66. The first-order valence-electron chi connectivity index (χ1n) is 10.4. The first-order chi connectivity index (χ1) is 15.0. The molecule has 4 atom stereocenters. The minimum absolute atomic E-state index is 0.0584. The molecule has 0 radical (unpaired) electrons. The van der Waals surface area contributed by atoms with Crippen molar-refractivity contribution in [3.05, 3.63) is 41.4 Å². The largest absolute Gasteiger partial charge is 0.394 e. The topological polar surface area (TPSA) is 117 Å². The third-order valence-electron chi connectivity index (χ3n) is 6.96. The molecule has 162 valence electrons. The minimum Gasteiger partial charge on any atom is -0.394 e. The van der Waals surface area contributed by atoms with Gasteiger partial charge in [0.25, 0.3) is 0 Å². The van der Waals surface area contributed by atoms with Crippen LogP contribution in [0.25, 0.3) is 11.2 Å². The van der Waals surface area contributed by atoms with E-state index in [4.69, 9.17) is 16.3 Å². The van der Waals surface area contributed by atoms with E-state index in [1.807, 2.05) is 6.07 Å². The van der Waals surface area contributed by atoms with Crippen molar-refractivity contribution >= 4 is 34.3 Å². The Kier molecular flexibility index (Phi) is 4.28. The number of para-hydroxylation sites is 1. The number of benzene rings is 1. The van der Waals surface area contributed by atoms with Crippen molar-refractivity contribution in [2.45, 2.75) is 49.2 Å². The number of aliphatic hydroxyl groups excluding tert-OH is 3. The van der Waals surface area contributed by atoms with E-state index in [1.165, 1.54) is 22.9 Å². The van der Waals surface area contributed by atoms with E-state index in [1.54, 1.807) is 0 Å². The molecule has 1 aromatic carbocycles. The van der Waals surface area contributed by atoms with Crippen LogP contribution >= 0.6 is 11.6 Å². The molecule has 1 aliphatic carbocycles. The number of anilines is 2. The molecule has 9 nitrogen and oxygen atoms in total. The molecule has 10 heteroatoms. The van der Waals surface area contributed by atoms with Crippen molar-refractivity contribution in [1.29, 1.82) is 0 Å². The average molecular weight is 444 g/mol. The Morgan fingerprint density at radius 2 is 1.97 bits per heavy atom. The zero-order valence-corrected chi connectivity index (χ0v) is 17.4. The third-order valence-corrected chi connectivity index (χ3v) is 7.13. The van der Waals surface area contributed by atoms with Gasteiger partial charge in [0.15, 0.2) is 23.2 Å². The van der Waals surface area contributed by atoms with Gasteiger partial charge in [-0.2, -0.15) is 9.97 Å². The Labute approximate surface area is 182 Å². The van der Waals surface area contributed by atoms with Gasteiger partial charge in [-0.15, -0.1) is 0 Å². The first-order valence-corrected chi connectivity index (χ1v) is 10.8. The smallest absolute Gasteiger partial charge is 0.226 e. The molecule has 0 amide bonds. The summed E-state index contributed by atoms with van der Waals surface area (Å²) in [5.74, 6) is 0.608. The van der Waals surface area contributed by atoms with Crippen LogP contribution in [0.3, 0.4) is 0 Å². The Morgan fingerprint density at radius 3 is 2.68 bits per heavy atom. The fourth-order valence-electron chi connectivity index (χ4n) is 5.21. The van der Waals surface area contributed by atoms with Crippen molar-refractivity contribution < 1.29 is 20.1 Å². The van der Waals surface area contributed by atoms with Crippen molar-refractivity contribution in [1.82, 2.24) is 19.5 Å². The van der Waals surface area contributed by atoms with Crippen LogP contribution in [0.4, 0.5) is 11.5 Å². The molecule has 3 N–H and O–H groups in total. The molecule has 31 heavy (non-hydrogen) atoms. The molecule has 2 aliphatic heterocycles. The summed E-state index contributed by atoms with van der Waals surface area (Å²) in [6.07, 6.45) is 0.699. The van der Waals surface area contributed by atoms with Crippen molar-refractivity contribution in [2.75, 3.05) is 18.1 Å². The number of hydrogen-bond acceptors (Lipinski definition) is 8. The molecule has 1 saturated carbocycles. The SMILES string of the molecule is OC[C@H]1O[C@@H](n2cnc3c(N4CC5(CCC5)c5ccccc54)nc(Cl)nc32)[C@H](O)[C@@H]1O. The van der Waals surface area contributed by atoms with Gasteiger partial charge < -0.3 is 25.0 Å². The quantitative estimate of drug-likeness (QED) is 0.523. The highest BCUT2D eigenvalue weighted by Crippen LogP contribution is 2.54. The van der Waals surface area contributed by atoms with E-state index >= 15 is 0 Å². The van der Waals surface area contributed by atoms with Gasteiger partial charge in [0.2, 0.25) is 5.28 Å². The molecule has 0 unspecified atom stereocenters. The lowest BCUT2D eigenvalue weighted by Crippen LogP contribution is -2.38. The summed E-state index contributed by atoms with van der Waals surface area (Å²) in [6.45, 7) is 0.393. The summed E-state index contributed by atoms with van der Waals surface area (Å²) in [6, 6.07) is 8.36. The van der Waals surface area contributed by atoms with E-state index in [2.05, 4.69) is 38.1 Å². The molecular formula is C21H22ClN5O4. The van der Waals surface area contributed by atoms with Crippen LogP contribution in [-0.4, -0.2) is 66.3 Å². The van der Waals surface area contributed by atoms with Gasteiger partial charge in [-0.25, -0.2) is 4.98 Å². The van der Waals surface area contributed by atoms with E-state index < -0.39 is 31.1 Å². The molecule has 1 saturated heterocycles. The van der Waals surface area contributed by atoms with Crippen LogP contribution in [0.5, 0.6) is 0 Å². The minimum atomic E-state index is -1.24. The molecule has 2 fully saturated rings. The maximum atomic E-state index is 10.5. The van der Waals surface area contributed by atoms with Gasteiger partial charge in [0.1, 0.15) is 18.3 Å². The lowest BCUT2D eigenvalue weighted by molar-refractivity contribution is -0.0511. The number of fused-ring (bicyclic) bond motifs is 3. The molecule has 1 spiro atoms. The zero-order valence-electron chi connectivity index (χ0n) is 16.6. The van der Waals surface area contributed by atoms with Crippen LogP contribution in [-0.2, 0) is 10.2 Å². The van der Waals surface area contributed by atoms with Crippen LogP contribution < -0.4 is 4.90 Å². The number of rotatable bonds is 3. The third kappa shape index (κ3) is 2.68. The van der Waals surface area contributed by atoms with Gasteiger partial charge in [-0.1, -0.05) is 24.6 Å². The second kappa shape index (κ2) is 6.85. The Balaban J connectivity index is 1.47. The molecule has 2 aromatic heterocycles. The monoisotopic (exact) mass is 443 g/mol. The number of hydrogen-bond donors (Lipinski definition) is 3. The van der Waals surface area contributed by atoms with Gasteiger partial charge in [-0.3, -0.25) is 4.57 Å². The fraction of sp³-hybridized carbons (Fsp3) is 0.476. The summed E-state index contributed by atoms with van der Waals surface area (Å²) < 4.78 is 7.20. The Bertz CT molecular complexity index is 1170. The van der Waals surface area contributed by atoms with Crippen LogP contribution in [0.1, 0.15) is 31.1 Å². The molecule has 6 rings (SSSR count). The second-order valence-electron chi connectivity index (χ2n) is 8.61. The van der Waals surface area contributed by atoms with Crippen molar-refractivity contribution in [3.63, 3.8) is 0 Å². The average Bonchev–Trinajstić information content (AvgIpc) is 3.40. The maximum absolute atomic E-state index is 10.5. The van der Waals surface area contributed by atoms with E-state index in [9.17, 15) is 15.3 Å². The number of aromatic nitrogens is 4. The van der Waals surface area contributed by atoms with Gasteiger partial charge in [-0.05, 0) is 36.1 Å². The second-order valence-corrected chi connectivity index (χ2v) is 8.94. The predicted molar refractivity (Wildman–Crippen MR) is 112 cm³/mol. The van der Waals surface area contributed by atoms with Gasteiger partial charge >= 0.3 is 0 Å². The number of nitrogens with zero attached hydrogens (tertiary/aromatic N) is 5. The standard InChI is InChI=1S/C21H22ClN5O4/c22-20-24-17(26-9-21(6-3-7-21)11-4-1-2-5-12(11)26)14-18(25-20)27(10-23-14)19-16(30)15(29)13(8-28)31-19/h1-2,4-5,10,13,15-16,19,28-30H,3,6-9H2/t13-,15-,16-,19-/m1/s1. The molecule has 4 heterocycles. The van der Waals surface area contributed by atoms with Gasteiger partial charge in [0.05, 0.1) is 12.9 Å². The fourth-order valence-corrected chi connectivity index (χ4v) is 5.37. The summed E-state index contributed by atoms with van der Waals surface area (Å²) in [5.41, 5.74) is 3.49. The first kappa shape index (κ1) is 19.4. The highest BCUT2D eigenvalue weighted by molar-refractivity contribution is 6.28.